The lowest BCUT2D eigenvalue weighted by atomic mass is 9.89. The minimum atomic E-state index is 0.103. The molecule has 122 valence electrons. The summed E-state index contributed by atoms with van der Waals surface area (Å²) in [7, 11) is 0. The number of halogens is 2. The van der Waals surface area contributed by atoms with Crippen molar-refractivity contribution in [1.82, 2.24) is 4.98 Å². The molecule has 2 aromatic rings. The SMILES string of the molecule is O=C(Nc1nc(Cc2cc(Cl)ccc2Cl)cs1)C1CCCCC1. The molecule has 3 rings (SSSR count). The Labute approximate surface area is 150 Å². The summed E-state index contributed by atoms with van der Waals surface area (Å²) in [5.74, 6) is 0.241. The zero-order valence-corrected chi connectivity index (χ0v) is 15.0. The lowest BCUT2D eigenvalue weighted by Crippen LogP contribution is -2.24. The summed E-state index contributed by atoms with van der Waals surface area (Å²) in [6.07, 6.45) is 6.12. The van der Waals surface area contributed by atoms with E-state index in [0.29, 0.717) is 21.6 Å². The Bertz CT molecular complexity index is 696. The van der Waals surface area contributed by atoms with E-state index < -0.39 is 0 Å². The van der Waals surface area contributed by atoms with Crippen molar-refractivity contribution in [2.24, 2.45) is 5.92 Å². The Morgan fingerprint density at radius 2 is 2.04 bits per heavy atom. The molecule has 0 radical (unpaired) electrons. The molecule has 3 nitrogen and oxygen atoms in total. The number of nitrogens with one attached hydrogen (secondary N) is 1. The number of hydrogen-bond acceptors (Lipinski definition) is 3. The van der Waals surface area contributed by atoms with Crippen LogP contribution >= 0.6 is 34.5 Å². The smallest absolute Gasteiger partial charge is 0.229 e. The monoisotopic (exact) mass is 368 g/mol. The van der Waals surface area contributed by atoms with Gasteiger partial charge >= 0.3 is 0 Å². The summed E-state index contributed by atoms with van der Waals surface area (Å²) in [5, 5.41) is 6.90. The van der Waals surface area contributed by atoms with Crippen molar-refractivity contribution >= 4 is 45.6 Å². The zero-order valence-electron chi connectivity index (χ0n) is 12.6. The van der Waals surface area contributed by atoms with Gasteiger partial charge in [-0.2, -0.15) is 0 Å². The molecule has 0 unspecified atom stereocenters. The number of nitrogens with zero attached hydrogens (tertiary/aromatic N) is 1. The predicted octanol–water partition coefficient (Wildman–Crippen LogP) is 5.56. The van der Waals surface area contributed by atoms with E-state index in [1.807, 2.05) is 11.4 Å². The fourth-order valence-electron chi connectivity index (χ4n) is 2.89. The highest BCUT2D eigenvalue weighted by Gasteiger charge is 2.21. The van der Waals surface area contributed by atoms with E-state index in [0.717, 1.165) is 36.9 Å². The second-order valence-corrected chi connectivity index (χ2v) is 7.58. The summed E-state index contributed by atoms with van der Waals surface area (Å²) in [4.78, 5) is 16.7. The Balaban J connectivity index is 1.63. The van der Waals surface area contributed by atoms with E-state index >= 15 is 0 Å². The summed E-state index contributed by atoms with van der Waals surface area (Å²) >= 11 is 13.6. The summed E-state index contributed by atoms with van der Waals surface area (Å²) in [6.45, 7) is 0. The Morgan fingerprint density at radius 3 is 2.83 bits per heavy atom. The van der Waals surface area contributed by atoms with Crippen LogP contribution in [-0.2, 0) is 11.2 Å². The van der Waals surface area contributed by atoms with Crippen molar-refractivity contribution in [3.8, 4) is 0 Å². The van der Waals surface area contributed by atoms with Crippen LogP contribution in [0.1, 0.15) is 43.4 Å². The molecule has 1 saturated carbocycles. The first-order valence-electron chi connectivity index (χ1n) is 7.81. The lowest BCUT2D eigenvalue weighted by molar-refractivity contribution is -0.120. The molecular formula is C17H18Cl2N2OS. The van der Waals surface area contributed by atoms with Crippen molar-refractivity contribution in [3.05, 3.63) is 44.9 Å². The van der Waals surface area contributed by atoms with E-state index in [1.165, 1.54) is 17.8 Å². The molecule has 0 saturated heterocycles. The predicted molar refractivity (Wildman–Crippen MR) is 96.6 cm³/mol. The van der Waals surface area contributed by atoms with Crippen LogP contribution < -0.4 is 5.32 Å². The quantitative estimate of drug-likeness (QED) is 0.767. The summed E-state index contributed by atoms with van der Waals surface area (Å²) in [6, 6.07) is 5.41. The zero-order chi connectivity index (χ0) is 16.2. The van der Waals surface area contributed by atoms with Gasteiger partial charge in [-0.1, -0.05) is 42.5 Å². The molecule has 0 atom stereocenters. The molecule has 0 aliphatic heterocycles. The first kappa shape index (κ1) is 16.7. The molecule has 1 aliphatic carbocycles. The number of anilines is 1. The first-order chi connectivity index (χ1) is 11.1. The number of rotatable bonds is 4. The number of amides is 1. The number of benzene rings is 1. The van der Waals surface area contributed by atoms with Gasteiger partial charge in [0, 0.05) is 27.8 Å². The van der Waals surface area contributed by atoms with Crippen molar-refractivity contribution in [2.75, 3.05) is 5.32 Å². The molecule has 1 heterocycles. The van der Waals surface area contributed by atoms with Crippen LogP contribution in [0.5, 0.6) is 0 Å². The van der Waals surface area contributed by atoms with Crippen LogP contribution in [-0.4, -0.2) is 10.9 Å². The van der Waals surface area contributed by atoms with Crippen LogP contribution in [0.4, 0.5) is 5.13 Å². The van der Waals surface area contributed by atoms with Crippen LogP contribution in [0.3, 0.4) is 0 Å². The molecule has 6 heteroatoms. The normalized spacial score (nSPS) is 15.6. The van der Waals surface area contributed by atoms with Crippen LogP contribution in [0.2, 0.25) is 10.0 Å². The Hall–Kier alpha value is -1.10. The first-order valence-corrected chi connectivity index (χ1v) is 9.44. The molecule has 1 amide bonds. The third-order valence-electron chi connectivity index (χ3n) is 4.14. The van der Waals surface area contributed by atoms with E-state index in [-0.39, 0.29) is 11.8 Å². The second kappa shape index (κ2) is 7.65. The fraction of sp³-hybridized carbons (Fsp3) is 0.412. The maximum Gasteiger partial charge on any atom is 0.229 e. The minimum Gasteiger partial charge on any atom is -0.302 e. The Morgan fingerprint density at radius 1 is 1.26 bits per heavy atom. The van der Waals surface area contributed by atoms with Crippen molar-refractivity contribution < 1.29 is 4.79 Å². The average Bonchev–Trinajstić information content (AvgIpc) is 2.99. The number of aromatic nitrogens is 1. The highest BCUT2D eigenvalue weighted by molar-refractivity contribution is 7.13. The van der Waals surface area contributed by atoms with Crippen molar-refractivity contribution in [2.45, 2.75) is 38.5 Å². The summed E-state index contributed by atoms with van der Waals surface area (Å²) in [5.41, 5.74) is 1.83. The average molecular weight is 369 g/mol. The Kier molecular flexibility index (Phi) is 5.57. The third kappa shape index (κ3) is 4.46. The van der Waals surface area contributed by atoms with E-state index in [9.17, 15) is 4.79 Å². The number of thiazole rings is 1. The second-order valence-electron chi connectivity index (χ2n) is 5.88. The largest absolute Gasteiger partial charge is 0.302 e. The van der Waals surface area contributed by atoms with E-state index in [4.69, 9.17) is 23.2 Å². The highest BCUT2D eigenvalue weighted by atomic mass is 35.5. The maximum atomic E-state index is 12.3. The molecule has 0 spiro atoms. The number of carbonyl (C=O) groups excluding carboxylic acids is 1. The number of carbonyl (C=O) groups is 1. The van der Waals surface area contributed by atoms with E-state index in [2.05, 4.69) is 10.3 Å². The standard InChI is InChI=1S/C17H18Cl2N2OS/c18-13-6-7-15(19)12(8-13)9-14-10-23-17(20-14)21-16(22)11-4-2-1-3-5-11/h6-8,10-11H,1-5,9H2,(H,20,21,22). The van der Waals surface area contributed by atoms with Gasteiger partial charge in [0.25, 0.3) is 0 Å². The maximum absolute atomic E-state index is 12.3. The van der Waals surface area contributed by atoms with E-state index in [1.54, 1.807) is 12.1 Å². The van der Waals surface area contributed by atoms with Gasteiger partial charge in [0.05, 0.1) is 5.69 Å². The van der Waals surface area contributed by atoms with Gasteiger partial charge in [0.2, 0.25) is 5.91 Å². The van der Waals surface area contributed by atoms with Gasteiger partial charge in [-0.3, -0.25) is 4.79 Å². The summed E-state index contributed by atoms with van der Waals surface area (Å²) < 4.78 is 0. The van der Waals surface area contributed by atoms with Gasteiger partial charge in [0.15, 0.2) is 5.13 Å². The molecule has 1 aliphatic rings. The molecule has 0 bridgehead atoms. The molecule has 1 aromatic carbocycles. The van der Waals surface area contributed by atoms with Gasteiger partial charge in [-0.25, -0.2) is 4.98 Å². The lowest BCUT2D eigenvalue weighted by Gasteiger charge is -2.19. The minimum absolute atomic E-state index is 0.103. The van der Waals surface area contributed by atoms with Crippen LogP contribution in [0.25, 0.3) is 0 Å². The third-order valence-corrected chi connectivity index (χ3v) is 5.55. The molecule has 23 heavy (non-hydrogen) atoms. The highest BCUT2D eigenvalue weighted by Crippen LogP contribution is 2.27. The van der Waals surface area contributed by atoms with Gasteiger partial charge < -0.3 is 5.32 Å². The van der Waals surface area contributed by atoms with Crippen molar-refractivity contribution in [3.63, 3.8) is 0 Å². The fourth-order valence-corrected chi connectivity index (χ4v) is 3.98. The van der Waals surface area contributed by atoms with Crippen molar-refractivity contribution in [1.29, 1.82) is 0 Å². The van der Waals surface area contributed by atoms with Gasteiger partial charge in [-0.15, -0.1) is 11.3 Å². The molecule has 1 fully saturated rings. The molecule has 1 aromatic heterocycles. The topological polar surface area (TPSA) is 42.0 Å². The number of hydrogen-bond donors (Lipinski definition) is 1. The van der Waals surface area contributed by atoms with Gasteiger partial charge in [-0.05, 0) is 36.6 Å². The molecular weight excluding hydrogens is 351 g/mol. The molecule has 1 N–H and O–H groups in total. The van der Waals surface area contributed by atoms with Crippen LogP contribution in [0.15, 0.2) is 23.6 Å². The van der Waals surface area contributed by atoms with Gasteiger partial charge in [0.1, 0.15) is 0 Å². The van der Waals surface area contributed by atoms with Crippen LogP contribution in [0, 0.1) is 5.92 Å².